The number of ether oxygens (including phenoxy) is 1. The Hall–Kier alpha value is -3.59. The van der Waals surface area contributed by atoms with Crippen molar-refractivity contribution in [3.8, 4) is 5.75 Å². The van der Waals surface area contributed by atoms with Crippen molar-refractivity contribution in [3.05, 3.63) is 88.7 Å². The van der Waals surface area contributed by atoms with Crippen LogP contribution in [0.25, 0.3) is 0 Å². The predicted molar refractivity (Wildman–Crippen MR) is 130 cm³/mol. The molecule has 1 amide bonds. The molecule has 0 atom stereocenters. The number of fused-ring (bicyclic) bond motifs is 1. The molecule has 0 N–H and O–H groups in total. The zero-order valence-electron chi connectivity index (χ0n) is 20.0. The number of alkyl halides is 3. The molecule has 2 aliphatic rings. The molecule has 2 aromatic carbocycles. The molecule has 6 nitrogen and oxygen atoms in total. The summed E-state index contributed by atoms with van der Waals surface area (Å²) in [6.07, 6.45) is -1.09. The molecule has 36 heavy (non-hydrogen) atoms. The molecule has 0 saturated carbocycles. The molecule has 188 valence electrons. The van der Waals surface area contributed by atoms with Gasteiger partial charge in [-0.25, -0.2) is 0 Å². The molecule has 5 rings (SSSR count). The van der Waals surface area contributed by atoms with Crippen LogP contribution in [-0.2, 0) is 19.6 Å². The minimum absolute atomic E-state index is 0.0492. The number of nitrogens with zero attached hydrogens (tertiary/aromatic N) is 4. The molecule has 3 aromatic rings. The van der Waals surface area contributed by atoms with Crippen molar-refractivity contribution in [2.24, 2.45) is 0 Å². The summed E-state index contributed by atoms with van der Waals surface area (Å²) in [7, 11) is 0. The van der Waals surface area contributed by atoms with E-state index in [1.165, 1.54) is 17.7 Å². The van der Waals surface area contributed by atoms with Crippen molar-refractivity contribution >= 4 is 11.6 Å². The number of aryl methyl sites for hydroxylation is 1. The summed E-state index contributed by atoms with van der Waals surface area (Å²) < 4.78 is 41.1. The van der Waals surface area contributed by atoms with Crippen molar-refractivity contribution in [3.63, 3.8) is 0 Å². The quantitative estimate of drug-likeness (QED) is 0.492. The van der Waals surface area contributed by atoms with Gasteiger partial charge >= 0.3 is 6.36 Å². The third-order valence-corrected chi connectivity index (χ3v) is 6.69. The van der Waals surface area contributed by atoms with Gasteiger partial charge in [0, 0.05) is 69.5 Å². The van der Waals surface area contributed by atoms with Crippen molar-refractivity contribution < 1.29 is 22.7 Å². The fourth-order valence-electron chi connectivity index (χ4n) is 4.94. The molecule has 0 bridgehead atoms. The lowest BCUT2D eigenvalue weighted by Crippen LogP contribution is -2.46. The van der Waals surface area contributed by atoms with Gasteiger partial charge in [-0.2, -0.15) is 0 Å². The van der Waals surface area contributed by atoms with Crippen LogP contribution in [0.2, 0.25) is 0 Å². The van der Waals surface area contributed by atoms with E-state index in [-0.39, 0.29) is 11.7 Å². The lowest BCUT2D eigenvalue weighted by molar-refractivity contribution is -0.274. The standard InChI is InChI=1S/C27H27F3N4O2/c1-19-14-23(33-12-10-32(11-13-33)16-21-6-8-31-9-7-21)15-22-18-34(26(35)25(19)22)17-20-2-4-24(5-3-20)36-27(28,29)30/h2-9,14-15H,10-13,16-18H2,1H3. The summed E-state index contributed by atoms with van der Waals surface area (Å²) in [6.45, 7) is 7.41. The van der Waals surface area contributed by atoms with Crippen molar-refractivity contribution in [1.29, 1.82) is 0 Å². The Morgan fingerprint density at radius 3 is 2.25 bits per heavy atom. The summed E-state index contributed by atoms with van der Waals surface area (Å²) in [6, 6.07) is 13.9. The predicted octanol–water partition coefficient (Wildman–Crippen LogP) is 4.77. The summed E-state index contributed by atoms with van der Waals surface area (Å²) >= 11 is 0. The maximum absolute atomic E-state index is 13.1. The van der Waals surface area contributed by atoms with Crippen LogP contribution < -0.4 is 9.64 Å². The van der Waals surface area contributed by atoms with Gasteiger partial charge in [-0.3, -0.25) is 14.7 Å². The van der Waals surface area contributed by atoms with E-state index >= 15 is 0 Å². The molecule has 1 saturated heterocycles. The van der Waals surface area contributed by atoms with Crippen molar-refractivity contribution in [1.82, 2.24) is 14.8 Å². The lowest BCUT2D eigenvalue weighted by Gasteiger charge is -2.36. The third kappa shape index (κ3) is 5.46. The van der Waals surface area contributed by atoms with E-state index < -0.39 is 6.36 Å². The molecular weight excluding hydrogens is 469 g/mol. The lowest BCUT2D eigenvalue weighted by atomic mass is 10.0. The average molecular weight is 497 g/mol. The molecule has 1 aromatic heterocycles. The third-order valence-electron chi connectivity index (χ3n) is 6.69. The molecule has 0 aliphatic carbocycles. The van der Waals surface area contributed by atoms with E-state index in [1.54, 1.807) is 17.0 Å². The Balaban J connectivity index is 1.22. The number of benzene rings is 2. The van der Waals surface area contributed by atoms with E-state index in [0.29, 0.717) is 13.1 Å². The van der Waals surface area contributed by atoms with Gasteiger partial charge in [-0.15, -0.1) is 13.2 Å². The van der Waals surface area contributed by atoms with E-state index in [1.807, 2.05) is 31.5 Å². The van der Waals surface area contributed by atoms with Gasteiger partial charge in [0.25, 0.3) is 5.91 Å². The van der Waals surface area contributed by atoms with Crippen LogP contribution in [0.15, 0.2) is 60.9 Å². The van der Waals surface area contributed by atoms with E-state index in [4.69, 9.17) is 0 Å². The minimum atomic E-state index is -4.73. The highest BCUT2D eigenvalue weighted by atomic mass is 19.4. The maximum Gasteiger partial charge on any atom is 0.573 e. The Morgan fingerprint density at radius 1 is 0.917 bits per heavy atom. The topological polar surface area (TPSA) is 48.9 Å². The number of piperazine rings is 1. The number of pyridine rings is 1. The summed E-state index contributed by atoms with van der Waals surface area (Å²) in [5, 5.41) is 0. The minimum Gasteiger partial charge on any atom is -0.406 e. The number of carbonyl (C=O) groups excluding carboxylic acids is 1. The Kier molecular flexibility index (Phi) is 6.57. The van der Waals surface area contributed by atoms with E-state index in [0.717, 1.165) is 60.7 Å². The zero-order chi connectivity index (χ0) is 25.3. The molecule has 3 heterocycles. The Morgan fingerprint density at radius 2 is 1.58 bits per heavy atom. The molecular formula is C27H27F3N4O2. The number of hydrogen-bond acceptors (Lipinski definition) is 5. The number of hydrogen-bond donors (Lipinski definition) is 0. The second kappa shape index (κ2) is 9.81. The summed E-state index contributed by atoms with van der Waals surface area (Å²) in [4.78, 5) is 23.7. The number of halogens is 3. The zero-order valence-corrected chi connectivity index (χ0v) is 20.0. The fourth-order valence-corrected chi connectivity index (χ4v) is 4.94. The van der Waals surface area contributed by atoms with Gasteiger partial charge < -0.3 is 14.5 Å². The highest BCUT2D eigenvalue weighted by Gasteiger charge is 2.32. The first-order valence-electron chi connectivity index (χ1n) is 11.9. The largest absolute Gasteiger partial charge is 0.573 e. The second-order valence-electron chi connectivity index (χ2n) is 9.27. The molecule has 9 heteroatoms. The van der Waals surface area contributed by atoms with Crippen LogP contribution >= 0.6 is 0 Å². The van der Waals surface area contributed by atoms with Crippen LogP contribution in [-0.4, -0.2) is 53.2 Å². The number of carbonyl (C=O) groups is 1. The van der Waals surface area contributed by atoms with Gasteiger partial charge in [0.15, 0.2) is 0 Å². The Labute approximate surface area is 207 Å². The van der Waals surface area contributed by atoms with Gasteiger partial charge in [0.2, 0.25) is 0 Å². The number of rotatable bonds is 6. The number of anilines is 1. The van der Waals surface area contributed by atoms with Gasteiger partial charge in [-0.05, 0) is 65.6 Å². The number of amides is 1. The summed E-state index contributed by atoms with van der Waals surface area (Å²) in [5.41, 5.74) is 5.79. The van der Waals surface area contributed by atoms with Gasteiger partial charge in [0.05, 0.1) is 0 Å². The number of aromatic nitrogens is 1. The van der Waals surface area contributed by atoms with Crippen LogP contribution in [0, 0.1) is 6.92 Å². The molecule has 0 spiro atoms. The van der Waals surface area contributed by atoms with Crippen molar-refractivity contribution in [2.45, 2.75) is 32.9 Å². The highest BCUT2D eigenvalue weighted by Crippen LogP contribution is 2.32. The smallest absolute Gasteiger partial charge is 0.406 e. The van der Waals surface area contributed by atoms with E-state index in [9.17, 15) is 18.0 Å². The summed E-state index contributed by atoms with van der Waals surface area (Å²) in [5.74, 6) is -0.324. The van der Waals surface area contributed by atoms with Gasteiger partial charge in [0.1, 0.15) is 5.75 Å². The first-order valence-corrected chi connectivity index (χ1v) is 11.9. The average Bonchev–Trinajstić information content (AvgIpc) is 3.16. The van der Waals surface area contributed by atoms with Crippen LogP contribution in [0.1, 0.15) is 32.6 Å². The highest BCUT2D eigenvalue weighted by molar-refractivity contribution is 6.00. The van der Waals surface area contributed by atoms with Crippen LogP contribution in [0.3, 0.4) is 0 Å². The van der Waals surface area contributed by atoms with Gasteiger partial charge in [-0.1, -0.05) is 12.1 Å². The Bertz CT molecular complexity index is 1220. The van der Waals surface area contributed by atoms with Crippen LogP contribution in [0.5, 0.6) is 5.75 Å². The molecule has 2 aliphatic heterocycles. The molecule has 0 radical (unpaired) electrons. The fraction of sp³-hybridized carbons (Fsp3) is 0.333. The normalized spacial score (nSPS) is 16.4. The second-order valence-corrected chi connectivity index (χ2v) is 9.27. The monoisotopic (exact) mass is 496 g/mol. The van der Waals surface area contributed by atoms with Crippen molar-refractivity contribution in [2.75, 3.05) is 31.1 Å². The maximum atomic E-state index is 13.1. The molecule has 0 unspecified atom stereocenters. The SMILES string of the molecule is Cc1cc(N2CCN(Cc3ccncc3)CC2)cc2c1C(=O)N(Cc1ccc(OC(F)(F)F)cc1)C2. The first kappa shape index (κ1) is 24.1. The van der Waals surface area contributed by atoms with E-state index in [2.05, 4.69) is 31.7 Å². The van der Waals surface area contributed by atoms with Crippen LogP contribution in [0.4, 0.5) is 18.9 Å². The molecule has 1 fully saturated rings. The first-order chi connectivity index (χ1) is 17.2.